The number of carbonyl (C=O) groups is 1. The molecule has 1 amide bonds. The number of carbonyl (C=O) groups excluding carboxylic acids is 1. The second kappa shape index (κ2) is 7.01. The maximum absolute atomic E-state index is 12.4. The van der Waals surface area contributed by atoms with Crippen LogP contribution in [0, 0.1) is 0 Å². The summed E-state index contributed by atoms with van der Waals surface area (Å²) < 4.78 is 0. The van der Waals surface area contributed by atoms with Crippen molar-refractivity contribution in [3.63, 3.8) is 0 Å². The monoisotopic (exact) mass is 281 g/mol. The number of piperidine rings is 1. The lowest BCUT2D eigenvalue weighted by Gasteiger charge is -2.33. The maximum atomic E-state index is 12.4. The van der Waals surface area contributed by atoms with Crippen LogP contribution in [0.2, 0.25) is 0 Å². The van der Waals surface area contributed by atoms with Crippen molar-refractivity contribution < 1.29 is 4.79 Å². The number of thiazole rings is 1. The van der Waals surface area contributed by atoms with Crippen LogP contribution in [0.1, 0.15) is 45.2 Å². The van der Waals surface area contributed by atoms with E-state index in [1.165, 1.54) is 0 Å². The van der Waals surface area contributed by atoms with Gasteiger partial charge in [-0.05, 0) is 38.8 Å². The minimum atomic E-state index is 0.228. The Morgan fingerprint density at radius 3 is 2.79 bits per heavy atom. The fraction of sp³-hybridized carbons (Fsp3) is 0.714. The van der Waals surface area contributed by atoms with Crippen molar-refractivity contribution in [1.29, 1.82) is 0 Å². The van der Waals surface area contributed by atoms with Gasteiger partial charge in [0, 0.05) is 17.8 Å². The van der Waals surface area contributed by atoms with Crippen LogP contribution in [-0.4, -0.2) is 30.0 Å². The summed E-state index contributed by atoms with van der Waals surface area (Å²) in [5, 5.41) is 6.32. The topological polar surface area (TPSA) is 45.2 Å². The third kappa shape index (κ3) is 3.54. The molecule has 4 nitrogen and oxygen atoms in total. The Balaban J connectivity index is 2.19. The van der Waals surface area contributed by atoms with Gasteiger partial charge in [-0.2, -0.15) is 0 Å². The molecule has 0 unspecified atom stereocenters. The van der Waals surface area contributed by atoms with E-state index in [0.29, 0.717) is 12.5 Å². The molecule has 0 bridgehead atoms. The maximum Gasteiger partial charge on any atom is 0.229 e. The molecule has 0 aromatic carbocycles. The summed E-state index contributed by atoms with van der Waals surface area (Å²) in [6.07, 6.45) is 4.49. The zero-order valence-electron chi connectivity index (χ0n) is 11.8. The molecule has 1 aliphatic heterocycles. The number of nitrogens with one attached hydrogen (secondary N) is 1. The predicted molar refractivity (Wildman–Crippen MR) is 79.8 cm³/mol. The molecular weight excluding hydrogens is 258 g/mol. The minimum Gasteiger partial charge on any atom is -0.317 e. The molecule has 5 heteroatoms. The summed E-state index contributed by atoms with van der Waals surface area (Å²) in [6, 6.07) is 0.316. The van der Waals surface area contributed by atoms with Crippen molar-refractivity contribution >= 4 is 22.4 Å². The first-order valence-corrected chi connectivity index (χ1v) is 8.11. The van der Waals surface area contributed by atoms with E-state index in [4.69, 9.17) is 0 Å². The SMILES string of the molecule is CCCC(=O)N(c1nc(CC)cs1)C1CCNCC1. The van der Waals surface area contributed by atoms with Gasteiger partial charge in [-0.25, -0.2) is 4.98 Å². The molecule has 106 valence electrons. The van der Waals surface area contributed by atoms with Crippen molar-refractivity contribution in [1.82, 2.24) is 10.3 Å². The number of aryl methyl sites for hydroxylation is 1. The molecule has 0 atom stereocenters. The van der Waals surface area contributed by atoms with E-state index in [1.807, 2.05) is 4.90 Å². The van der Waals surface area contributed by atoms with E-state index >= 15 is 0 Å². The fourth-order valence-electron chi connectivity index (χ4n) is 2.44. The number of nitrogens with zero attached hydrogens (tertiary/aromatic N) is 2. The normalized spacial score (nSPS) is 16.5. The molecule has 1 N–H and O–H groups in total. The van der Waals surface area contributed by atoms with Crippen LogP contribution < -0.4 is 10.2 Å². The number of hydrogen-bond acceptors (Lipinski definition) is 4. The summed E-state index contributed by atoms with van der Waals surface area (Å²) >= 11 is 1.60. The van der Waals surface area contributed by atoms with Gasteiger partial charge in [0.15, 0.2) is 5.13 Å². The molecule has 1 aromatic heterocycles. The zero-order valence-corrected chi connectivity index (χ0v) is 12.6. The first kappa shape index (κ1) is 14.5. The second-order valence-corrected chi connectivity index (χ2v) is 5.81. The first-order chi connectivity index (χ1) is 9.26. The summed E-state index contributed by atoms with van der Waals surface area (Å²) in [5.74, 6) is 0.228. The fourth-order valence-corrected chi connectivity index (χ4v) is 3.43. The van der Waals surface area contributed by atoms with Crippen LogP contribution in [-0.2, 0) is 11.2 Å². The first-order valence-electron chi connectivity index (χ1n) is 7.23. The highest BCUT2D eigenvalue weighted by molar-refractivity contribution is 7.14. The Morgan fingerprint density at radius 1 is 1.47 bits per heavy atom. The van der Waals surface area contributed by atoms with Gasteiger partial charge in [-0.3, -0.25) is 9.69 Å². The van der Waals surface area contributed by atoms with Gasteiger partial charge in [0.1, 0.15) is 0 Å². The van der Waals surface area contributed by atoms with Gasteiger partial charge in [-0.1, -0.05) is 13.8 Å². The number of aromatic nitrogens is 1. The number of amides is 1. The van der Waals surface area contributed by atoms with Crippen molar-refractivity contribution in [2.24, 2.45) is 0 Å². The summed E-state index contributed by atoms with van der Waals surface area (Å²) in [6.45, 7) is 6.14. The van der Waals surface area contributed by atoms with E-state index in [9.17, 15) is 4.79 Å². The summed E-state index contributed by atoms with van der Waals surface area (Å²) in [7, 11) is 0. The van der Waals surface area contributed by atoms with E-state index in [2.05, 4.69) is 29.5 Å². The smallest absolute Gasteiger partial charge is 0.229 e. The van der Waals surface area contributed by atoms with Crippen LogP contribution in [0.25, 0.3) is 0 Å². The number of hydrogen-bond donors (Lipinski definition) is 1. The highest BCUT2D eigenvalue weighted by atomic mass is 32.1. The molecule has 19 heavy (non-hydrogen) atoms. The summed E-state index contributed by atoms with van der Waals surface area (Å²) in [5.41, 5.74) is 1.09. The number of anilines is 1. The minimum absolute atomic E-state index is 0.228. The van der Waals surface area contributed by atoms with Crippen molar-refractivity contribution in [3.05, 3.63) is 11.1 Å². The van der Waals surface area contributed by atoms with Crippen LogP contribution in [0.5, 0.6) is 0 Å². The third-order valence-electron chi connectivity index (χ3n) is 3.51. The molecule has 0 spiro atoms. The van der Waals surface area contributed by atoms with Gasteiger partial charge in [-0.15, -0.1) is 11.3 Å². The standard InChI is InChI=1S/C14H23N3OS/c1-3-5-13(18)17(12-6-8-15-9-7-12)14-16-11(4-2)10-19-14/h10,12,15H,3-9H2,1-2H3. The second-order valence-electron chi connectivity index (χ2n) is 4.97. The average molecular weight is 281 g/mol. The van der Waals surface area contributed by atoms with Crippen molar-refractivity contribution in [2.45, 2.75) is 52.0 Å². The molecule has 1 aliphatic rings. The highest BCUT2D eigenvalue weighted by Crippen LogP contribution is 2.27. The van der Waals surface area contributed by atoms with Gasteiger partial charge in [0.25, 0.3) is 0 Å². The zero-order chi connectivity index (χ0) is 13.7. The van der Waals surface area contributed by atoms with Crippen LogP contribution in [0.15, 0.2) is 5.38 Å². The molecule has 1 fully saturated rings. The Morgan fingerprint density at radius 2 is 2.21 bits per heavy atom. The number of rotatable bonds is 5. The van der Waals surface area contributed by atoms with Gasteiger partial charge < -0.3 is 5.32 Å². The van der Waals surface area contributed by atoms with E-state index < -0.39 is 0 Å². The highest BCUT2D eigenvalue weighted by Gasteiger charge is 2.28. The molecule has 2 rings (SSSR count). The van der Waals surface area contributed by atoms with Crippen molar-refractivity contribution in [3.8, 4) is 0 Å². The van der Waals surface area contributed by atoms with Crippen LogP contribution in [0.4, 0.5) is 5.13 Å². The molecule has 0 saturated carbocycles. The Kier molecular flexibility index (Phi) is 5.34. The molecule has 0 aliphatic carbocycles. The van der Waals surface area contributed by atoms with Crippen LogP contribution in [0.3, 0.4) is 0 Å². The largest absolute Gasteiger partial charge is 0.317 e. The lowest BCUT2D eigenvalue weighted by Crippen LogP contribution is -2.46. The molecule has 1 aromatic rings. The Bertz CT molecular complexity index is 413. The Labute approximate surface area is 119 Å². The van der Waals surface area contributed by atoms with E-state index in [-0.39, 0.29) is 5.91 Å². The lowest BCUT2D eigenvalue weighted by molar-refractivity contribution is -0.119. The van der Waals surface area contributed by atoms with Crippen LogP contribution >= 0.6 is 11.3 Å². The van der Waals surface area contributed by atoms with Gasteiger partial charge in [0.2, 0.25) is 5.91 Å². The quantitative estimate of drug-likeness (QED) is 0.902. The predicted octanol–water partition coefficient (Wildman–Crippen LogP) is 2.59. The van der Waals surface area contributed by atoms with E-state index in [0.717, 1.165) is 49.6 Å². The van der Waals surface area contributed by atoms with E-state index in [1.54, 1.807) is 11.3 Å². The lowest BCUT2D eigenvalue weighted by atomic mass is 10.0. The molecular formula is C14H23N3OS. The molecule has 2 heterocycles. The average Bonchev–Trinajstić information content (AvgIpc) is 2.89. The Hall–Kier alpha value is -0.940. The van der Waals surface area contributed by atoms with Crippen molar-refractivity contribution in [2.75, 3.05) is 18.0 Å². The van der Waals surface area contributed by atoms with Gasteiger partial charge >= 0.3 is 0 Å². The molecule has 0 radical (unpaired) electrons. The summed E-state index contributed by atoms with van der Waals surface area (Å²) in [4.78, 5) is 19.0. The molecule has 1 saturated heterocycles. The van der Waals surface area contributed by atoms with Gasteiger partial charge in [0.05, 0.1) is 5.69 Å². The third-order valence-corrected chi connectivity index (χ3v) is 4.40.